The van der Waals surface area contributed by atoms with Crippen molar-refractivity contribution in [3.63, 3.8) is 0 Å². The van der Waals surface area contributed by atoms with E-state index in [0.717, 1.165) is 16.2 Å². The molecule has 0 unspecified atom stereocenters. The van der Waals surface area contributed by atoms with Gasteiger partial charge in [-0.25, -0.2) is 4.98 Å². The lowest BCUT2D eigenvalue weighted by Gasteiger charge is -2.12. The van der Waals surface area contributed by atoms with Gasteiger partial charge in [0.25, 0.3) is 5.91 Å². The van der Waals surface area contributed by atoms with Crippen LogP contribution < -0.4 is 10.1 Å². The first-order valence-corrected chi connectivity index (χ1v) is 10.3. The topological polar surface area (TPSA) is 55.6 Å². The van der Waals surface area contributed by atoms with Gasteiger partial charge < -0.3 is 10.1 Å². The van der Waals surface area contributed by atoms with Crippen molar-refractivity contribution in [2.45, 2.75) is 0 Å². The van der Waals surface area contributed by atoms with E-state index in [1.807, 2.05) is 88.9 Å². The van der Waals surface area contributed by atoms with Crippen LogP contribution in [0.3, 0.4) is 0 Å². The molecule has 0 aliphatic rings. The number of fused-ring (bicyclic) bond motifs is 1. The van der Waals surface area contributed by atoms with Gasteiger partial charge in [-0.3, -0.25) is 9.20 Å². The van der Waals surface area contributed by atoms with Crippen molar-refractivity contribution in [1.82, 2.24) is 9.38 Å². The molecule has 5 nitrogen and oxygen atoms in total. The van der Waals surface area contributed by atoms with Gasteiger partial charge in [0.05, 0.1) is 11.3 Å². The first kappa shape index (κ1) is 18.1. The number of imidazole rings is 1. The van der Waals surface area contributed by atoms with E-state index in [-0.39, 0.29) is 5.91 Å². The maximum atomic E-state index is 13.0. The van der Waals surface area contributed by atoms with Gasteiger partial charge in [-0.05, 0) is 36.4 Å². The quantitative estimate of drug-likeness (QED) is 0.380. The molecule has 0 atom stereocenters. The number of carbonyl (C=O) groups is 1. The summed E-state index contributed by atoms with van der Waals surface area (Å²) in [5.41, 5.74) is 2.97. The van der Waals surface area contributed by atoms with E-state index in [4.69, 9.17) is 4.74 Å². The predicted octanol–water partition coefficient (Wildman–Crippen LogP) is 6.11. The van der Waals surface area contributed by atoms with Gasteiger partial charge >= 0.3 is 0 Å². The van der Waals surface area contributed by atoms with Crippen LogP contribution >= 0.6 is 11.3 Å². The minimum atomic E-state index is -0.232. The second-order valence-electron chi connectivity index (χ2n) is 6.67. The van der Waals surface area contributed by atoms with Crippen LogP contribution in [0.1, 0.15) is 10.4 Å². The Morgan fingerprint density at radius 2 is 1.80 bits per heavy atom. The van der Waals surface area contributed by atoms with Crippen molar-refractivity contribution in [2.75, 3.05) is 5.32 Å². The van der Waals surface area contributed by atoms with Crippen LogP contribution in [0.15, 0.2) is 96.6 Å². The van der Waals surface area contributed by atoms with Crippen molar-refractivity contribution in [1.29, 1.82) is 0 Å². The molecule has 0 radical (unpaired) electrons. The van der Waals surface area contributed by atoms with Gasteiger partial charge in [0.2, 0.25) is 0 Å². The number of rotatable bonds is 5. The molecule has 0 saturated carbocycles. The fourth-order valence-corrected chi connectivity index (χ4v) is 3.88. The summed E-state index contributed by atoms with van der Waals surface area (Å²) in [6, 6.07) is 24.3. The van der Waals surface area contributed by atoms with Gasteiger partial charge in [0.15, 0.2) is 4.96 Å². The van der Waals surface area contributed by atoms with Crippen LogP contribution in [0.25, 0.3) is 16.2 Å². The summed E-state index contributed by atoms with van der Waals surface area (Å²) in [5, 5.41) is 4.97. The molecular weight excluding hydrogens is 394 g/mol. The number of benzene rings is 3. The van der Waals surface area contributed by atoms with E-state index in [9.17, 15) is 4.79 Å². The van der Waals surface area contributed by atoms with Gasteiger partial charge in [0.1, 0.15) is 11.5 Å². The Labute approximate surface area is 177 Å². The Kier molecular flexibility index (Phi) is 4.75. The molecule has 2 aromatic heterocycles. The van der Waals surface area contributed by atoms with E-state index < -0.39 is 0 Å². The zero-order valence-corrected chi connectivity index (χ0v) is 16.7. The minimum absolute atomic E-state index is 0.232. The molecule has 0 bridgehead atoms. The summed E-state index contributed by atoms with van der Waals surface area (Å²) in [5.74, 6) is 0.954. The maximum absolute atomic E-state index is 13.0. The third-order valence-electron chi connectivity index (χ3n) is 4.61. The number of thiazole rings is 1. The van der Waals surface area contributed by atoms with E-state index in [1.165, 1.54) is 0 Å². The molecule has 2 heterocycles. The largest absolute Gasteiger partial charge is 0.457 e. The molecule has 0 spiro atoms. The van der Waals surface area contributed by atoms with Crippen LogP contribution in [0.2, 0.25) is 0 Å². The molecule has 5 aromatic rings. The monoisotopic (exact) mass is 411 g/mol. The summed E-state index contributed by atoms with van der Waals surface area (Å²) in [6.07, 6.45) is 3.96. The van der Waals surface area contributed by atoms with Gasteiger partial charge in [0, 0.05) is 29.0 Å². The van der Waals surface area contributed by atoms with Crippen molar-refractivity contribution in [3.05, 3.63) is 102 Å². The minimum Gasteiger partial charge on any atom is -0.457 e. The predicted molar refractivity (Wildman–Crippen MR) is 119 cm³/mol. The summed E-state index contributed by atoms with van der Waals surface area (Å²) in [7, 11) is 0. The molecule has 146 valence electrons. The number of hydrogen-bond donors (Lipinski definition) is 1. The molecule has 0 saturated heterocycles. The van der Waals surface area contributed by atoms with Gasteiger partial charge in [-0.2, -0.15) is 0 Å². The molecule has 30 heavy (non-hydrogen) atoms. The molecule has 1 N–H and O–H groups in total. The van der Waals surface area contributed by atoms with Crippen molar-refractivity contribution in [3.8, 4) is 22.8 Å². The fraction of sp³-hybridized carbons (Fsp3) is 0. The van der Waals surface area contributed by atoms with E-state index in [1.54, 1.807) is 23.5 Å². The first-order chi connectivity index (χ1) is 14.8. The zero-order valence-electron chi connectivity index (χ0n) is 15.9. The molecule has 5 rings (SSSR count). The van der Waals surface area contributed by atoms with Crippen LogP contribution in [0.4, 0.5) is 5.69 Å². The Morgan fingerprint density at radius 3 is 2.67 bits per heavy atom. The van der Waals surface area contributed by atoms with E-state index in [2.05, 4.69) is 10.3 Å². The Balaban J connectivity index is 1.39. The average Bonchev–Trinajstić information content (AvgIpc) is 3.38. The third-order valence-corrected chi connectivity index (χ3v) is 5.38. The second kappa shape index (κ2) is 7.85. The number of nitrogens with zero attached hydrogens (tertiary/aromatic N) is 2. The number of ether oxygens (including phenoxy) is 1. The lowest BCUT2D eigenvalue weighted by atomic mass is 10.1. The Morgan fingerprint density at radius 1 is 0.967 bits per heavy atom. The summed E-state index contributed by atoms with van der Waals surface area (Å²) < 4.78 is 7.90. The molecule has 3 aromatic carbocycles. The molecule has 0 aliphatic heterocycles. The molecule has 6 heteroatoms. The van der Waals surface area contributed by atoms with E-state index >= 15 is 0 Å². The highest BCUT2D eigenvalue weighted by atomic mass is 32.1. The molecular formula is C24H17N3O2S. The van der Waals surface area contributed by atoms with Crippen molar-refractivity contribution in [2.24, 2.45) is 0 Å². The Hall–Kier alpha value is -3.90. The molecule has 1 amide bonds. The number of amides is 1. The standard InChI is InChI=1S/C24H17N3O2S/c28-23(20-11-4-5-12-22(20)29-19-9-2-1-3-10-19)25-18-8-6-7-17(15-18)21-16-27-13-14-30-24(27)26-21/h1-16H,(H,25,28). The number of para-hydroxylation sites is 2. The Bertz CT molecular complexity index is 1300. The summed E-state index contributed by atoms with van der Waals surface area (Å²) in [6.45, 7) is 0. The second-order valence-corrected chi connectivity index (χ2v) is 7.54. The highest BCUT2D eigenvalue weighted by molar-refractivity contribution is 7.15. The van der Waals surface area contributed by atoms with Crippen LogP contribution in [0.5, 0.6) is 11.5 Å². The van der Waals surface area contributed by atoms with Gasteiger partial charge in [-0.1, -0.05) is 42.5 Å². The van der Waals surface area contributed by atoms with E-state index in [0.29, 0.717) is 22.7 Å². The first-order valence-electron chi connectivity index (χ1n) is 9.42. The smallest absolute Gasteiger partial charge is 0.259 e. The van der Waals surface area contributed by atoms with Crippen molar-refractivity contribution < 1.29 is 9.53 Å². The number of anilines is 1. The SMILES string of the molecule is O=C(Nc1cccc(-c2cn3ccsc3n2)c1)c1ccccc1Oc1ccccc1. The molecule has 0 fully saturated rings. The number of hydrogen-bond acceptors (Lipinski definition) is 4. The van der Waals surface area contributed by atoms with Crippen LogP contribution in [-0.2, 0) is 0 Å². The van der Waals surface area contributed by atoms with Crippen molar-refractivity contribution >= 4 is 27.9 Å². The lowest BCUT2D eigenvalue weighted by Crippen LogP contribution is -2.13. The number of nitrogens with one attached hydrogen (secondary N) is 1. The third kappa shape index (κ3) is 3.68. The average molecular weight is 411 g/mol. The highest BCUT2D eigenvalue weighted by Crippen LogP contribution is 2.27. The lowest BCUT2D eigenvalue weighted by molar-refractivity contribution is 0.102. The normalized spacial score (nSPS) is 10.8. The van der Waals surface area contributed by atoms with Gasteiger partial charge in [-0.15, -0.1) is 11.3 Å². The number of aromatic nitrogens is 2. The van der Waals surface area contributed by atoms with Crippen LogP contribution in [-0.4, -0.2) is 15.3 Å². The number of carbonyl (C=O) groups excluding carboxylic acids is 1. The summed E-state index contributed by atoms with van der Waals surface area (Å²) in [4.78, 5) is 18.5. The van der Waals surface area contributed by atoms with Crippen LogP contribution in [0, 0.1) is 0 Å². The highest BCUT2D eigenvalue weighted by Gasteiger charge is 2.14. The molecule has 0 aliphatic carbocycles. The fourth-order valence-electron chi connectivity index (χ4n) is 3.18. The zero-order chi connectivity index (χ0) is 20.3. The summed E-state index contributed by atoms with van der Waals surface area (Å²) >= 11 is 1.59. The maximum Gasteiger partial charge on any atom is 0.259 e.